The number of phenols is 1. The van der Waals surface area contributed by atoms with Crippen molar-refractivity contribution in [2.75, 3.05) is 45.8 Å². The van der Waals surface area contributed by atoms with Crippen LogP contribution in [0.15, 0.2) is 66.1 Å². The van der Waals surface area contributed by atoms with Gasteiger partial charge in [0.2, 0.25) is 0 Å². The van der Waals surface area contributed by atoms with Crippen LogP contribution in [0.25, 0.3) is 5.70 Å². The molecule has 43 heavy (non-hydrogen) atoms. The molecule has 3 fully saturated rings. The van der Waals surface area contributed by atoms with E-state index >= 15 is 0 Å². The number of phenolic OH excluding ortho intramolecular Hbond substituents is 1. The molecule has 2 saturated heterocycles. The monoisotopic (exact) mass is 588 g/mol. The van der Waals surface area contributed by atoms with Crippen molar-refractivity contribution in [2.45, 2.75) is 57.7 Å². The number of carbonyl (C=O) groups is 1. The molecule has 0 aromatic heterocycles. The Morgan fingerprint density at radius 2 is 1.63 bits per heavy atom. The van der Waals surface area contributed by atoms with Gasteiger partial charge in [-0.3, -0.25) is 9.69 Å². The second kappa shape index (κ2) is 14.2. The Bertz CT molecular complexity index is 1290. The molecule has 3 aliphatic rings. The number of allylic oxidation sites excluding steroid dienone is 1. The predicted molar refractivity (Wildman–Crippen MR) is 171 cm³/mol. The average Bonchev–Trinajstić information content (AvgIpc) is 3.04. The van der Waals surface area contributed by atoms with Gasteiger partial charge in [-0.25, -0.2) is 0 Å². The zero-order valence-electron chi connectivity index (χ0n) is 25.5. The van der Waals surface area contributed by atoms with Gasteiger partial charge in [0, 0.05) is 62.6 Å². The van der Waals surface area contributed by atoms with Gasteiger partial charge in [-0.15, -0.1) is 0 Å². The highest BCUT2D eigenvalue weighted by Crippen LogP contribution is 2.31. The van der Waals surface area contributed by atoms with E-state index in [0.717, 1.165) is 44.1 Å². The summed E-state index contributed by atoms with van der Waals surface area (Å²) in [4.78, 5) is 20.0. The molecule has 2 atom stereocenters. The van der Waals surface area contributed by atoms with E-state index in [1.807, 2.05) is 35.2 Å². The first-order valence-corrected chi connectivity index (χ1v) is 15.8. The van der Waals surface area contributed by atoms with Crippen molar-refractivity contribution in [3.05, 3.63) is 82.8 Å². The number of rotatable bonds is 8. The first-order valence-electron chi connectivity index (χ1n) is 15.8. The molecule has 5 rings (SSSR count). The number of aromatic hydroxyl groups is 1. The first-order chi connectivity index (χ1) is 20.8. The number of hydrogen-bond acceptors (Lipinski definition) is 8. The van der Waals surface area contributed by atoms with E-state index in [0.29, 0.717) is 35.6 Å². The molecular weight excluding hydrogens is 540 g/mol. The lowest BCUT2D eigenvalue weighted by Gasteiger charge is -2.40. The van der Waals surface area contributed by atoms with E-state index < -0.39 is 0 Å². The Hall–Kier alpha value is -3.69. The molecule has 0 bridgehead atoms. The van der Waals surface area contributed by atoms with Crippen LogP contribution in [-0.2, 0) is 4.74 Å². The van der Waals surface area contributed by atoms with Gasteiger partial charge in [-0.2, -0.15) is 0 Å². The van der Waals surface area contributed by atoms with E-state index in [1.54, 1.807) is 24.3 Å². The summed E-state index contributed by atoms with van der Waals surface area (Å²) in [6, 6.07) is 14.7. The van der Waals surface area contributed by atoms with Crippen LogP contribution in [-0.4, -0.2) is 77.6 Å². The smallest absolute Gasteiger partial charge is 0.253 e. The van der Waals surface area contributed by atoms with Gasteiger partial charge in [0.25, 0.3) is 5.91 Å². The Morgan fingerprint density at radius 1 is 0.930 bits per heavy atom. The summed E-state index contributed by atoms with van der Waals surface area (Å²) >= 11 is 0. The van der Waals surface area contributed by atoms with Crippen molar-refractivity contribution in [1.29, 1.82) is 0 Å². The maximum atomic E-state index is 13.3. The fraction of sp³-hybridized carbons (Fsp3) is 0.500. The normalized spacial score (nSPS) is 22.4. The Morgan fingerprint density at radius 3 is 2.28 bits per heavy atom. The molecule has 1 aliphatic carbocycles. The van der Waals surface area contributed by atoms with Gasteiger partial charge in [0.05, 0.1) is 11.8 Å². The number of para-hydroxylation sites is 1. The van der Waals surface area contributed by atoms with Gasteiger partial charge in [-0.1, -0.05) is 50.5 Å². The van der Waals surface area contributed by atoms with Crippen molar-refractivity contribution in [2.24, 2.45) is 23.1 Å². The third kappa shape index (κ3) is 7.64. The van der Waals surface area contributed by atoms with Crippen molar-refractivity contribution < 1.29 is 14.6 Å². The van der Waals surface area contributed by atoms with Gasteiger partial charge >= 0.3 is 0 Å². The Labute approximate surface area is 255 Å². The highest BCUT2D eigenvalue weighted by atomic mass is 16.5. The van der Waals surface area contributed by atoms with Crippen molar-refractivity contribution in [3.8, 4) is 5.75 Å². The zero-order chi connectivity index (χ0) is 30.3. The minimum atomic E-state index is -0.236. The summed E-state index contributed by atoms with van der Waals surface area (Å²) in [5.41, 5.74) is 21.8. The highest BCUT2D eigenvalue weighted by Gasteiger charge is 2.30. The molecule has 2 aromatic carbocycles. The van der Waals surface area contributed by atoms with E-state index in [-0.39, 0.29) is 29.7 Å². The van der Waals surface area contributed by atoms with Crippen LogP contribution < -0.4 is 17.2 Å². The fourth-order valence-electron chi connectivity index (χ4n) is 6.64. The number of nitrogens with zero attached hydrogens (tertiary/aromatic N) is 3. The molecule has 9 nitrogen and oxygen atoms in total. The van der Waals surface area contributed by atoms with Crippen LogP contribution in [0.4, 0.5) is 0 Å². The molecule has 9 heteroatoms. The number of morpholine rings is 1. The third-order valence-electron chi connectivity index (χ3n) is 9.20. The van der Waals surface area contributed by atoms with E-state index in [4.69, 9.17) is 21.9 Å². The van der Waals surface area contributed by atoms with Crippen LogP contribution in [0.5, 0.6) is 5.75 Å². The van der Waals surface area contributed by atoms with Gasteiger partial charge in [0.1, 0.15) is 17.7 Å². The summed E-state index contributed by atoms with van der Waals surface area (Å²) in [5.74, 6) is 1.15. The lowest BCUT2D eigenvalue weighted by molar-refractivity contribution is -0.0782. The molecule has 232 valence electrons. The standard InChI is InChI=1S/C34H48N6O3/c1-2-27-22-40(30(33(36)37)20-29(35)28-10-6-7-11-31(28)41)23-32(43-27)25-12-14-26(15-13-25)34(42)39-18-16-38(17-19-39)21-24-8-4-3-5-9-24/h6-7,10-15,20,24,27,32,41H,2-5,8-9,16-19,21-23,35-37H2,1H3/b29-20-. The largest absolute Gasteiger partial charge is 0.507 e. The molecule has 2 aromatic rings. The van der Waals surface area contributed by atoms with E-state index in [1.165, 1.54) is 38.6 Å². The quantitative estimate of drug-likeness (QED) is 0.341. The van der Waals surface area contributed by atoms with Crippen LogP contribution in [0.1, 0.15) is 73.0 Å². The topological polar surface area (TPSA) is 134 Å². The van der Waals surface area contributed by atoms with Crippen LogP contribution >= 0.6 is 0 Å². The highest BCUT2D eigenvalue weighted by molar-refractivity contribution is 5.94. The fourth-order valence-corrected chi connectivity index (χ4v) is 6.64. The molecule has 7 N–H and O–H groups in total. The average molecular weight is 589 g/mol. The van der Waals surface area contributed by atoms with Gasteiger partial charge in [-0.05, 0) is 61.1 Å². The van der Waals surface area contributed by atoms with Crippen LogP contribution in [0.2, 0.25) is 0 Å². The number of amides is 1. The summed E-state index contributed by atoms with van der Waals surface area (Å²) in [6.45, 7) is 7.85. The van der Waals surface area contributed by atoms with Crippen molar-refractivity contribution in [1.82, 2.24) is 14.7 Å². The van der Waals surface area contributed by atoms with Gasteiger partial charge < -0.3 is 36.8 Å². The van der Waals surface area contributed by atoms with E-state index in [9.17, 15) is 9.90 Å². The van der Waals surface area contributed by atoms with Crippen LogP contribution in [0, 0.1) is 5.92 Å². The number of nitrogens with two attached hydrogens (primary N) is 3. The molecule has 2 unspecified atom stereocenters. The number of benzene rings is 2. The number of ether oxygens (including phenoxy) is 1. The minimum Gasteiger partial charge on any atom is -0.507 e. The second-order valence-electron chi connectivity index (χ2n) is 12.2. The summed E-state index contributed by atoms with van der Waals surface area (Å²) in [6.07, 6.45) is 9.08. The molecule has 0 spiro atoms. The summed E-state index contributed by atoms with van der Waals surface area (Å²) < 4.78 is 6.44. The lowest BCUT2D eigenvalue weighted by atomic mass is 9.89. The van der Waals surface area contributed by atoms with Crippen LogP contribution in [0.3, 0.4) is 0 Å². The first kappa shape index (κ1) is 30.8. The molecule has 1 amide bonds. The lowest BCUT2D eigenvalue weighted by Crippen LogP contribution is -2.49. The molecule has 2 aliphatic heterocycles. The summed E-state index contributed by atoms with van der Waals surface area (Å²) in [7, 11) is 0. The number of carbonyl (C=O) groups excluding carboxylic acids is 1. The second-order valence-corrected chi connectivity index (χ2v) is 12.2. The zero-order valence-corrected chi connectivity index (χ0v) is 25.5. The maximum absolute atomic E-state index is 13.3. The molecular formula is C34H48N6O3. The SMILES string of the molecule is CCC1CN(C(/C=C(\N)c2ccccc2O)=C(N)N)CC(c2ccc(C(=O)N3CCN(CC4CCCCC4)CC3)cc2)O1. The summed E-state index contributed by atoms with van der Waals surface area (Å²) in [5, 5.41) is 10.3. The number of piperazine rings is 1. The van der Waals surface area contributed by atoms with E-state index in [2.05, 4.69) is 16.7 Å². The molecule has 2 heterocycles. The van der Waals surface area contributed by atoms with Crippen molar-refractivity contribution >= 4 is 11.6 Å². The molecule has 0 radical (unpaired) electrons. The van der Waals surface area contributed by atoms with Gasteiger partial charge in [0.15, 0.2) is 0 Å². The maximum Gasteiger partial charge on any atom is 0.253 e. The Kier molecular flexibility index (Phi) is 10.1. The minimum absolute atomic E-state index is 0.0425. The predicted octanol–water partition coefficient (Wildman–Crippen LogP) is 3.97. The Balaban J connectivity index is 1.23. The molecule has 1 saturated carbocycles. The third-order valence-corrected chi connectivity index (χ3v) is 9.20. The van der Waals surface area contributed by atoms with Crippen molar-refractivity contribution in [3.63, 3.8) is 0 Å². The number of hydrogen-bond donors (Lipinski definition) is 4.